The van der Waals surface area contributed by atoms with Gasteiger partial charge in [0.15, 0.2) is 0 Å². The van der Waals surface area contributed by atoms with Crippen molar-refractivity contribution in [1.82, 2.24) is 0 Å². The second kappa shape index (κ2) is 2.86. The number of hydrogen-bond donors (Lipinski definition) is 1. The average Bonchev–Trinajstić information content (AvgIpc) is 2.14. The number of alkyl halides is 1. The summed E-state index contributed by atoms with van der Waals surface area (Å²) in [5.41, 5.74) is 13.3. The van der Waals surface area contributed by atoms with Crippen LogP contribution in [0.3, 0.4) is 0 Å². The topological polar surface area (TPSA) is 74.8 Å². The minimum Gasteiger partial charge on any atom is -0.325 e. The highest BCUT2D eigenvalue weighted by Gasteiger charge is 2.30. The molecule has 0 heterocycles. The van der Waals surface area contributed by atoms with Crippen molar-refractivity contribution in [2.45, 2.75) is 31.1 Å². The molecule has 0 radical (unpaired) electrons. The Morgan fingerprint density at radius 2 is 2.30 bits per heavy atom. The summed E-state index contributed by atoms with van der Waals surface area (Å²) in [5, 5.41) is 3.38. The molecule has 0 aromatic heterocycles. The van der Waals surface area contributed by atoms with Gasteiger partial charge in [0, 0.05) is 17.0 Å². The first kappa shape index (κ1) is 7.31. The van der Waals surface area contributed by atoms with Crippen LogP contribution in [-0.2, 0) is 0 Å². The van der Waals surface area contributed by atoms with Crippen LogP contribution in [0.2, 0.25) is 0 Å². The predicted octanol–water partition coefficient (Wildman–Crippen LogP) is 1.12. The lowest BCUT2D eigenvalue weighted by Crippen LogP contribution is -2.25. The Balaban J connectivity index is 2.48. The highest BCUT2D eigenvalue weighted by molar-refractivity contribution is 4.90. The Kier molecular flexibility index (Phi) is 2.09. The van der Waals surface area contributed by atoms with Crippen LogP contribution in [0.1, 0.15) is 12.8 Å². The van der Waals surface area contributed by atoms with E-state index in [1.807, 2.05) is 0 Å². The molecule has 5 heteroatoms. The van der Waals surface area contributed by atoms with Gasteiger partial charge in [0.05, 0.1) is 0 Å². The third-order valence-corrected chi connectivity index (χ3v) is 1.72. The maximum Gasteiger partial charge on any atom is 0.116 e. The summed E-state index contributed by atoms with van der Waals surface area (Å²) < 4.78 is 12.6. The molecule has 0 aromatic carbocycles. The summed E-state index contributed by atoms with van der Waals surface area (Å²) in [6.45, 7) is 0. The zero-order valence-electron chi connectivity index (χ0n) is 5.44. The largest absolute Gasteiger partial charge is 0.325 e. The quantitative estimate of drug-likeness (QED) is 0.334. The molecule has 4 nitrogen and oxygen atoms in total. The highest BCUT2D eigenvalue weighted by atomic mass is 19.1. The van der Waals surface area contributed by atoms with Crippen LogP contribution in [0.5, 0.6) is 0 Å². The molecule has 10 heavy (non-hydrogen) atoms. The second-order valence-electron chi connectivity index (χ2n) is 2.51. The molecule has 1 aliphatic carbocycles. The van der Waals surface area contributed by atoms with E-state index in [1.54, 1.807) is 0 Å². The van der Waals surface area contributed by atoms with Crippen molar-refractivity contribution in [3.63, 3.8) is 0 Å². The molecule has 1 aliphatic rings. The number of azide groups is 1. The van der Waals surface area contributed by atoms with E-state index < -0.39 is 12.2 Å². The summed E-state index contributed by atoms with van der Waals surface area (Å²) in [4.78, 5) is 2.59. The van der Waals surface area contributed by atoms with Crippen molar-refractivity contribution in [1.29, 1.82) is 0 Å². The predicted molar refractivity (Wildman–Crippen MR) is 35.0 cm³/mol. The van der Waals surface area contributed by atoms with E-state index in [0.29, 0.717) is 6.42 Å². The highest BCUT2D eigenvalue weighted by Crippen LogP contribution is 2.23. The van der Waals surface area contributed by atoms with Gasteiger partial charge >= 0.3 is 0 Å². The number of halogens is 1. The van der Waals surface area contributed by atoms with Crippen molar-refractivity contribution >= 4 is 0 Å². The molecule has 56 valence electrons. The lowest BCUT2D eigenvalue weighted by atomic mass is 10.2. The first-order chi connectivity index (χ1) is 4.74. The van der Waals surface area contributed by atoms with E-state index in [1.165, 1.54) is 0 Å². The molecule has 1 saturated carbocycles. The summed E-state index contributed by atoms with van der Waals surface area (Å²) in [6.07, 6.45) is -0.230. The molecule has 2 N–H and O–H groups in total. The van der Waals surface area contributed by atoms with Gasteiger partial charge in [-0.25, -0.2) is 4.39 Å². The van der Waals surface area contributed by atoms with E-state index in [9.17, 15) is 4.39 Å². The standard InChI is InChI=1S/C5H9FN4/c6-4-1-3(9-10-8)2-5(4)7/h3-5H,1-2,7H2/t3-,4+,5+/m0/s1. The van der Waals surface area contributed by atoms with Gasteiger partial charge in [0.25, 0.3) is 0 Å². The molecule has 0 spiro atoms. The summed E-state index contributed by atoms with van der Waals surface area (Å²) in [5.74, 6) is 0. The van der Waals surface area contributed by atoms with Gasteiger partial charge in [-0.3, -0.25) is 0 Å². The number of nitrogens with zero attached hydrogens (tertiary/aromatic N) is 3. The molecular weight excluding hydrogens is 135 g/mol. The van der Waals surface area contributed by atoms with E-state index in [2.05, 4.69) is 10.0 Å². The maximum absolute atomic E-state index is 12.6. The molecule has 1 rings (SSSR count). The fourth-order valence-electron chi connectivity index (χ4n) is 1.16. The van der Waals surface area contributed by atoms with Gasteiger partial charge in [-0.1, -0.05) is 5.11 Å². The van der Waals surface area contributed by atoms with E-state index in [-0.39, 0.29) is 12.5 Å². The van der Waals surface area contributed by atoms with Crippen LogP contribution in [0.4, 0.5) is 4.39 Å². The monoisotopic (exact) mass is 144 g/mol. The minimum atomic E-state index is -0.990. The molecule has 0 aromatic rings. The number of nitrogens with two attached hydrogens (primary N) is 1. The van der Waals surface area contributed by atoms with Crippen LogP contribution in [0.25, 0.3) is 10.4 Å². The maximum atomic E-state index is 12.6. The van der Waals surface area contributed by atoms with Crippen molar-refractivity contribution in [2.75, 3.05) is 0 Å². The van der Waals surface area contributed by atoms with Gasteiger partial charge in [-0.15, -0.1) is 0 Å². The van der Waals surface area contributed by atoms with E-state index in [0.717, 1.165) is 0 Å². The van der Waals surface area contributed by atoms with Gasteiger partial charge in [-0.2, -0.15) is 0 Å². The zero-order chi connectivity index (χ0) is 7.56. The molecule has 0 aliphatic heterocycles. The lowest BCUT2D eigenvalue weighted by Gasteiger charge is -2.01. The fraction of sp³-hybridized carbons (Fsp3) is 1.00. The second-order valence-corrected chi connectivity index (χ2v) is 2.51. The number of rotatable bonds is 1. The van der Waals surface area contributed by atoms with Crippen molar-refractivity contribution < 1.29 is 4.39 Å². The van der Waals surface area contributed by atoms with Crippen LogP contribution in [0, 0.1) is 0 Å². The molecular formula is C5H9FN4. The van der Waals surface area contributed by atoms with Crippen molar-refractivity contribution in [3.8, 4) is 0 Å². The van der Waals surface area contributed by atoms with E-state index >= 15 is 0 Å². The van der Waals surface area contributed by atoms with Crippen LogP contribution in [-0.4, -0.2) is 18.3 Å². The van der Waals surface area contributed by atoms with Crippen molar-refractivity contribution in [3.05, 3.63) is 10.4 Å². The molecule has 0 amide bonds. The first-order valence-electron chi connectivity index (χ1n) is 3.18. The third kappa shape index (κ3) is 1.37. The zero-order valence-corrected chi connectivity index (χ0v) is 5.44. The van der Waals surface area contributed by atoms with Crippen molar-refractivity contribution in [2.24, 2.45) is 10.8 Å². The fourth-order valence-corrected chi connectivity index (χ4v) is 1.16. The van der Waals surface area contributed by atoms with Crippen LogP contribution < -0.4 is 5.73 Å². The number of hydrogen-bond acceptors (Lipinski definition) is 2. The summed E-state index contributed by atoms with van der Waals surface area (Å²) in [6, 6.07) is -0.662. The SMILES string of the molecule is [N-]=[N+]=N[C@@H]1C[C@@H](N)[C@H](F)C1. The Morgan fingerprint density at radius 1 is 1.60 bits per heavy atom. The van der Waals surface area contributed by atoms with Gasteiger partial charge in [-0.05, 0) is 18.4 Å². The van der Waals surface area contributed by atoms with Crippen LogP contribution >= 0.6 is 0 Å². The third-order valence-electron chi connectivity index (χ3n) is 1.72. The lowest BCUT2D eigenvalue weighted by molar-refractivity contribution is 0.311. The van der Waals surface area contributed by atoms with Gasteiger partial charge < -0.3 is 5.73 Å². The Morgan fingerprint density at radius 3 is 2.70 bits per heavy atom. The first-order valence-corrected chi connectivity index (χ1v) is 3.18. The summed E-state index contributed by atoms with van der Waals surface area (Å²) >= 11 is 0. The average molecular weight is 144 g/mol. The molecule has 0 bridgehead atoms. The Labute approximate surface area is 57.8 Å². The molecule has 3 atom stereocenters. The van der Waals surface area contributed by atoms with Gasteiger partial charge in [0.2, 0.25) is 0 Å². The Bertz CT molecular complexity index is 155. The van der Waals surface area contributed by atoms with Crippen LogP contribution in [0.15, 0.2) is 5.11 Å². The minimum absolute atomic E-state index is 0.227. The Hall–Kier alpha value is -0.800. The molecule has 0 saturated heterocycles. The smallest absolute Gasteiger partial charge is 0.116 e. The molecule has 1 fully saturated rings. The normalized spacial score (nSPS) is 39.2. The summed E-state index contributed by atoms with van der Waals surface area (Å²) in [7, 11) is 0. The van der Waals surface area contributed by atoms with Gasteiger partial charge in [0.1, 0.15) is 6.17 Å². The molecule has 0 unspecified atom stereocenters. The van der Waals surface area contributed by atoms with E-state index in [4.69, 9.17) is 11.3 Å².